The highest BCUT2D eigenvalue weighted by atomic mass is 16.5. The number of nitrogens with two attached hydrogens (primary N) is 1. The normalized spacial score (nSPS) is 13.6. The smallest absolute Gasteiger partial charge is 0.404 e. The van der Waals surface area contributed by atoms with Gasteiger partial charge in [-0.25, -0.2) is 4.79 Å². The third-order valence-corrected chi connectivity index (χ3v) is 1.50. The minimum atomic E-state index is -0.711. The van der Waals surface area contributed by atoms with Crippen molar-refractivity contribution in [3.8, 4) is 0 Å². The van der Waals surface area contributed by atoms with Crippen LogP contribution in [0.5, 0.6) is 0 Å². The lowest BCUT2D eigenvalue weighted by atomic mass is 10.2. The number of primary amides is 1. The van der Waals surface area contributed by atoms with E-state index in [0.29, 0.717) is 18.6 Å². The molecule has 1 heterocycles. The van der Waals surface area contributed by atoms with Crippen LogP contribution in [0.15, 0.2) is 11.6 Å². The fourth-order valence-corrected chi connectivity index (χ4v) is 0.857. The molecule has 0 aromatic heterocycles. The second kappa shape index (κ2) is 6.58. The zero-order valence-corrected chi connectivity index (χ0v) is 8.70. The maximum Gasteiger partial charge on any atom is 0.404 e. The van der Waals surface area contributed by atoms with E-state index in [1.165, 1.54) is 6.08 Å². The summed E-state index contributed by atoms with van der Waals surface area (Å²) in [7, 11) is 0. The second-order valence-corrected chi connectivity index (χ2v) is 2.59. The van der Waals surface area contributed by atoms with Crippen molar-refractivity contribution in [2.75, 3.05) is 6.61 Å². The third-order valence-electron chi connectivity index (χ3n) is 1.50. The lowest BCUT2D eigenvalue weighted by Gasteiger charge is -1.89. The van der Waals surface area contributed by atoms with E-state index >= 15 is 0 Å². The van der Waals surface area contributed by atoms with Crippen LogP contribution < -0.4 is 11.1 Å². The van der Waals surface area contributed by atoms with Gasteiger partial charge >= 0.3 is 6.09 Å². The summed E-state index contributed by atoms with van der Waals surface area (Å²) < 4.78 is 4.18. The number of amides is 3. The SMILES string of the molecule is CCC1=CC(=O)NC1=O.CCOC(N)=O. The molecular weight excluding hydrogens is 200 g/mol. The molecule has 15 heavy (non-hydrogen) atoms. The Kier molecular flexibility index (Phi) is 5.77. The van der Waals surface area contributed by atoms with E-state index in [0.717, 1.165) is 0 Å². The summed E-state index contributed by atoms with van der Waals surface area (Å²) in [5.74, 6) is -0.542. The summed E-state index contributed by atoms with van der Waals surface area (Å²) >= 11 is 0. The number of nitrogens with one attached hydrogen (secondary N) is 1. The van der Waals surface area contributed by atoms with Crippen LogP contribution in [0.25, 0.3) is 0 Å². The van der Waals surface area contributed by atoms with Crippen molar-refractivity contribution in [3.63, 3.8) is 0 Å². The van der Waals surface area contributed by atoms with Gasteiger partial charge in [-0.3, -0.25) is 14.9 Å². The van der Waals surface area contributed by atoms with Crippen LogP contribution in [0.3, 0.4) is 0 Å². The monoisotopic (exact) mass is 214 g/mol. The first-order chi connectivity index (χ1) is 7.01. The van der Waals surface area contributed by atoms with Crippen LogP contribution >= 0.6 is 0 Å². The Bertz CT molecular complexity index is 296. The summed E-state index contributed by atoms with van der Waals surface area (Å²) in [6, 6.07) is 0. The van der Waals surface area contributed by atoms with E-state index in [2.05, 4.69) is 15.8 Å². The van der Waals surface area contributed by atoms with Crippen LogP contribution in [0.4, 0.5) is 4.79 Å². The maximum atomic E-state index is 10.6. The van der Waals surface area contributed by atoms with Crippen LogP contribution in [0, 0.1) is 0 Å². The molecule has 0 aromatic rings. The van der Waals surface area contributed by atoms with Crippen molar-refractivity contribution in [2.24, 2.45) is 5.73 Å². The van der Waals surface area contributed by atoms with E-state index in [4.69, 9.17) is 0 Å². The molecule has 0 spiro atoms. The standard InChI is InChI=1S/C6H7NO2.C3H7NO2/c1-2-4-3-5(8)7-6(4)9;1-2-6-3(4)5/h3H,2H2,1H3,(H,7,8,9);2H2,1H3,(H2,4,5). The minimum Gasteiger partial charge on any atom is -0.450 e. The molecule has 0 bridgehead atoms. The summed E-state index contributed by atoms with van der Waals surface area (Å²) in [6.45, 7) is 3.89. The summed E-state index contributed by atoms with van der Waals surface area (Å²) in [4.78, 5) is 30.6. The summed E-state index contributed by atoms with van der Waals surface area (Å²) in [5.41, 5.74) is 5.11. The molecule has 1 rings (SSSR count). The van der Waals surface area contributed by atoms with Crippen molar-refractivity contribution in [3.05, 3.63) is 11.6 Å². The largest absolute Gasteiger partial charge is 0.450 e. The van der Waals surface area contributed by atoms with Crippen molar-refractivity contribution < 1.29 is 19.1 Å². The predicted molar refractivity (Wildman–Crippen MR) is 52.7 cm³/mol. The quantitative estimate of drug-likeness (QED) is 0.636. The lowest BCUT2D eigenvalue weighted by molar-refractivity contribution is -0.123. The van der Waals surface area contributed by atoms with Gasteiger partial charge in [0, 0.05) is 11.6 Å². The molecular formula is C9H14N2O4. The van der Waals surface area contributed by atoms with E-state index < -0.39 is 6.09 Å². The number of rotatable bonds is 2. The Morgan fingerprint density at radius 1 is 1.47 bits per heavy atom. The van der Waals surface area contributed by atoms with E-state index in [1.807, 2.05) is 6.92 Å². The molecule has 0 aromatic carbocycles. The van der Waals surface area contributed by atoms with Gasteiger partial charge in [-0.1, -0.05) is 6.92 Å². The molecule has 0 atom stereocenters. The Labute approximate surface area is 87.5 Å². The fourth-order valence-electron chi connectivity index (χ4n) is 0.857. The van der Waals surface area contributed by atoms with E-state index in [1.54, 1.807) is 6.92 Å². The molecule has 84 valence electrons. The first-order valence-electron chi connectivity index (χ1n) is 4.49. The van der Waals surface area contributed by atoms with Crippen LogP contribution in [0.2, 0.25) is 0 Å². The van der Waals surface area contributed by atoms with Crippen LogP contribution in [-0.4, -0.2) is 24.5 Å². The highest BCUT2D eigenvalue weighted by Crippen LogP contribution is 2.04. The zero-order chi connectivity index (χ0) is 11.8. The molecule has 6 heteroatoms. The topological polar surface area (TPSA) is 98.5 Å². The minimum absolute atomic E-state index is 0.248. The van der Waals surface area contributed by atoms with Crippen molar-refractivity contribution in [1.82, 2.24) is 5.32 Å². The predicted octanol–water partition coefficient (Wildman–Crippen LogP) is 0.0808. The molecule has 0 aliphatic carbocycles. The second-order valence-electron chi connectivity index (χ2n) is 2.59. The van der Waals surface area contributed by atoms with Crippen molar-refractivity contribution in [1.29, 1.82) is 0 Å². The molecule has 0 fully saturated rings. The maximum absolute atomic E-state index is 10.6. The van der Waals surface area contributed by atoms with Gasteiger partial charge < -0.3 is 10.5 Å². The Balaban J connectivity index is 0.000000288. The van der Waals surface area contributed by atoms with Gasteiger partial charge in [0.2, 0.25) is 0 Å². The number of imide groups is 1. The fraction of sp³-hybridized carbons (Fsp3) is 0.444. The molecule has 6 nitrogen and oxygen atoms in total. The molecule has 0 unspecified atom stereocenters. The lowest BCUT2D eigenvalue weighted by Crippen LogP contribution is -2.21. The summed E-state index contributed by atoms with van der Waals surface area (Å²) in [6.07, 6.45) is 1.25. The third kappa shape index (κ3) is 5.45. The first kappa shape index (κ1) is 13.2. The summed E-state index contributed by atoms with van der Waals surface area (Å²) in [5, 5.41) is 2.15. The molecule has 0 radical (unpaired) electrons. The van der Waals surface area contributed by atoms with E-state index in [9.17, 15) is 14.4 Å². The average Bonchev–Trinajstić information content (AvgIpc) is 2.45. The van der Waals surface area contributed by atoms with Gasteiger partial charge in [-0.15, -0.1) is 0 Å². The molecule has 1 aliphatic heterocycles. The molecule has 1 aliphatic rings. The Morgan fingerprint density at radius 3 is 2.20 bits per heavy atom. The molecule has 0 saturated heterocycles. The van der Waals surface area contributed by atoms with E-state index in [-0.39, 0.29) is 11.8 Å². The zero-order valence-electron chi connectivity index (χ0n) is 8.70. The van der Waals surface area contributed by atoms with Gasteiger partial charge in [-0.05, 0) is 13.3 Å². The Hall–Kier alpha value is -1.85. The van der Waals surface area contributed by atoms with Crippen molar-refractivity contribution in [2.45, 2.75) is 20.3 Å². The van der Waals surface area contributed by atoms with Crippen LogP contribution in [-0.2, 0) is 14.3 Å². The number of carbonyl (C=O) groups excluding carboxylic acids is 3. The van der Waals surface area contributed by atoms with Gasteiger partial charge in [0.1, 0.15) is 0 Å². The molecule has 0 saturated carbocycles. The average molecular weight is 214 g/mol. The van der Waals surface area contributed by atoms with Gasteiger partial charge in [0.05, 0.1) is 6.61 Å². The molecule has 3 amide bonds. The van der Waals surface area contributed by atoms with Gasteiger partial charge in [-0.2, -0.15) is 0 Å². The van der Waals surface area contributed by atoms with Gasteiger partial charge in [0.25, 0.3) is 11.8 Å². The Morgan fingerprint density at radius 2 is 2.07 bits per heavy atom. The highest BCUT2D eigenvalue weighted by molar-refractivity contribution is 6.16. The highest BCUT2D eigenvalue weighted by Gasteiger charge is 2.17. The van der Waals surface area contributed by atoms with Crippen LogP contribution in [0.1, 0.15) is 20.3 Å². The number of carbonyl (C=O) groups is 3. The van der Waals surface area contributed by atoms with Crippen molar-refractivity contribution >= 4 is 17.9 Å². The number of hydrogen-bond donors (Lipinski definition) is 2. The number of ether oxygens (including phenoxy) is 1. The molecule has 3 N–H and O–H groups in total. The first-order valence-corrected chi connectivity index (χ1v) is 4.49. The van der Waals surface area contributed by atoms with Gasteiger partial charge in [0.15, 0.2) is 0 Å². The number of hydrogen-bond acceptors (Lipinski definition) is 4.